The normalized spacial score (nSPS) is 12.2. The number of rotatable bonds is 6. The minimum Gasteiger partial charge on any atom is -0.508 e. The van der Waals surface area contributed by atoms with Crippen molar-refractivity contribution in [3.05, 3.63) is 29.8 Å². The quantitative estimate of drug-likeness (QED) is 0.802. The van der Waals surface area contributed by atoms with Gasteiger partial charge in [-0.25, -0.2) is 0 Å². The number of carbonyl (C=O) groups excluding carboxylic acids is 1. The van der Waals surface area contributed by atoms with Crippen LogP contribution in [0.3, 0.4) is 0 Å². The fourth-order valence-corrected chi connectivity index (χ4v) is 1.78. The summed E-state index contributed by atoms with van der Waals surface area (Å²) in [7, 11) is 1.81. The first kappa shape index (κ1) is 14.5. The highest BCUT2D eigenvalue weighted by molar-refractivity contribution is 5.82. The number of hydrogen-bond acceptors (Lipinski definition) is 3. The van der Waals surface area contributed by atoms with Crippen LogP contribution < -0.4 is 5.32 Å². The van der Waals surface area contributed by atoms with Gasteiger partial charge in [-0.05, 0) is 37.6 Å². The highest BCUT2D eigenvalue weighted by Crippen LogP contribution is 2.12. The number of aromatic hydroxyl groups is 1. The Labute approximate surface area is 109 Å². The third-order valence-electron chi connectivity index (χ3n) is 2.98. The minimum absolute atomic E-state index is 0.104. The summed E-state index contributed by atoms with van der Waals surface area (Å²) in [6.45, 7) is 5.41. The van der Waals surface area contributed by atoms with Crippen LogP contribution in [0, 0.1) is 0 Å². The van der Waals surface area contributed by atoms with E-state index in [2.05, 4.69) is 5.32 Å². The van der Waals surface area contributed by atoms with Crippen LogP contribution in [0.2, 0.25) is 0 Å². The second kappa shape index (κ2) is 7.01. The fourth-order valence-electron chi connectivity index (χ4n) is 1.78. The first-order chi connectivity index (χ1) is 8.58. The molecule has 1 unspecified atom stereocenters. The zero-order chi connectivity index (χ0) is 13.5. The number of nitrogens with zero attached hydrogens (tertiary/aromatic N) is 1. The molecule has 4 heteroatoms. The number of carbonyl (C=O) groups is 1. The molecule has 0 aromatic heterocycles. The van der Waals surface area contributed by atoms with E-state index in [1.165, 1.54) is 0 Å². The Balaban J connectivity index is 2.73. The lowest BCUT2D eigenvalue weighted by Gasteiger charge is -2.23. The van der Waals surface area contributed by atoms with Gasteiger partial charge in [-0.3, -0.25) is 4.79 Å². The first-order valence-electron chi connectivity index (χ1n) is 6.34. The molecule has 0 spiro atoms. The van der Waals surface area contributed by atoms with Crippen LogP contribution in [-0.4, -0.2) is 42.1 Å². The summed E-state index contributed by atoms with van der Waals surface area (Å²) in [4.78, 5) is 13.9. The van der Waals surface area contributed by atoms with E-state index >= 15 is 0 Å². The third-order valence-corrected chi connectivity index (χ3v) is 2.98. The number of phenols is 1. The van der Waals surface area contributed by atoms with E-state index in [0.29, 0.717) is 13.0 Å². The van der Waals surface area contributed by atoms with Gasteiger partial charge in [0.05, 0.1) is 6.04 Å². The average Bonchev–Trinajstić information content (AvgIpc) is 2.39. The Kier molecular flexibility index (Phi) is 5.65. The summed E-state index contributed by atoms with van der Waals surface area (Å²) >= 11 is 0. The standard InChI is InChI=1S/C14H22N2O2/c1-4-15-13(14(18)16(3)5-2)10-11-6-8-12(17)9-7-11/h6-9,13,15,17H,4-5,10H2,1-3H3. The molecule has 1 aromatic rings. The topological polar surface area (TPSA) is 52.6 Å². The molecule has 4 nitrogen and oxygen atoms in total. The van der Waals surface area contributed by atoms with Crippen LogP contribution in [-0.2, 0) is 11.2 Å². The number of nitrogens with one attached hydrogen (secondary N) is 1. The van der Waals surface area contributed by atoms with Gasteiger partial charge < -0.3 is 15.3 Å². The maximum atomic E-state index is 12.1. The summed E-state index contributed by atoms with van der Waals surface area (Å²) in [6, 6.07) is 6.78. The second-order valence-corrected chi connectivity index (χ2v) is 4.33. The lowest BCUT2D eigenvalue weighted by molar-refractivity contribution is -0.131. The number of benzene rings is 1. The van der Waals surface area contributed by atoms with Gasteiger partial charge in [0.25, 0.3) is 0 Å². The maximum absolute atomic E-state index is 12.1. The van der Waals surface area contributed by atoms with Crippen LogP contribution in [0.4, 0.5) is 0 Å². The molecule has 0 radical (unpaired) electrons. The Morgan fingerprint density at radius 2 is 1.94 bits per heavy atom. The van der Waals surface area contributed by atoms with Gasteiger partial charge in [0.2, 0.25) is 5.91 Å². The Morgan fingerprint density at radius 1 is 1.33 bits per heavy atom. The monoisotopic (exact) mass is 250 g/mol. The van der Waals surface area contributed by atoms with Crippen molar-refractivity contribution in [3.8, 4) is 5.75 Å². The molecule has 0 saturated carbocycles. The number of likely N-dealkylation sites (N-methyl/N-ethyl adjacent to an activating group) is 2. The molecular weight excluding hydrogens is 228 g/mol. The van der Waals surface area contributed by atoms with Crippen LogP contribution >= 0.6 is 0 Å². The zero-order valence-corrected chi connectivity index (χ0v) is 11.3. The largest absolute Gasteiger partial charge is 0.508 e. The molecule has 0 bridgehead atoms. The van der Waals surface area contributed by atoms with Gasteiger partial charge in [-0.1, -0.05) is 19.1 Å². The molecule has 0 aliphatic rings. The summed E-state index contributed by atoms with van der Waals surface area (Å²) in [5.74, 6) is 0.350. The lowest BCUT2D eigenvalue weighted by Crippen LogP contribution is -2.46. The van der Waals surface area contributed by atoms with Crippen molar-refractivity contribution in [1.29, 1.82) is 0 Å². The highest BCUT2D eigenvalue weighted by atomic mass is 16.3. The van der Waals surface area contributed by atoms with E-state index in [1.807, 2.05) is 33.0 Å². The molecule has 0 aliphatic heterocycles. The predicted octanol–water partition coefficient (Wildman–Crippen LogP) is 1.39. The number of phenolic OH excluding ortho intramolecular Hbond substituents is 1. The zero-order valence-electron chi connectivity index (χ0n) is 11.3. The molecule has 1 rings (SSSR count). The maximum Gasteiger partial charge on any atom is 0.239 e. The van der Waals surface area contributed by atoms with Crippen LogP contribution in [0.25, 0.3) is 0 Å². The van der Waals surface area contributed by atoms with E-state index in [-0.39, 0.29) is 17.7 Å². The van der Waals surface area contributed by atoms with Crippen molar-refractivity contribution in [3.63, 3.8) is 0 Å². The lowest BCUT2D eigenvalue weighted by atomic mass is 10.0. The van der Waals surface area contributed by atoms with Gasteiger partial charge in [-0.2, -0.15) is 0 Å². The van der Waals surface area contributed by atoms with Gasteiger partial charge in [-0.15, -0.1) is 0 Å². The van der Waals surface area contributed by atoms with Gasteiger partial charge >= 0.3 is 0 Å². The third kappa shape index (κ3) is 4.04. The Morgan fingerprint density at radius 3 is 2.44 bits per heavy atom. The molecule has 0 fully saturated rings. The fraction of sp³-hybridized carbons (Fsp3) is 0.500. The van der Waals surface area contributed by atoms with Crippen LogP contribution in [0.1, 0.15) is 19.4 Å². The van der Waals surface area contributed by atoms with Crippen LogP contribution in [0.5, 0.6) is 5.75 Å². The van der Waals surface area contributed by atoms with E-state index in [0.717, 1.165) is 12.1 Å². The number of hydrogen-bond donors (Lipinski definition) is 2. The first-order valence-corrected chi connectivity index (χ1v) is 6.34. The summed E-state index contributed by atoms with van der Waals surface area (Å²) in [5, 5.41) is 12.4. The molecule has 0 saturated heterocycles. The van der Waals surface area contributed by atoms with E-state index < -0.39 is 0 Å². The van der Waals surface area contributed by atoms with Crippen molar-refractivity contribution in [2.75, 3.05) is 20.1 Å². The summed E-state index contributed by atoms with van der Waals surface area (Å²) < 4.78 is 0. The van der Waals surface area contributed by atoms with E-state index in [1.54, 1.807) is 17.0 Å². The smallest absolute Gasteiger partial charge is 0.239 e. The van der Waals surface area contributed by atoms with E-state index in [4.69, 9.17) is 0 Å². The SMILES string of the molecule is CCNC(Cc1ccc(O)cc1)C(=O)N(C)CC. The highest BCUT2D eigenvalue weighted by Gasteiger charge is 2.20. The van der Waals surface area contributed by atoms with Crippen molar-refractivity contribution in [2.24, 2.45) is 0 Å². The predicted molar refractivity (Wildman–Crippen MR) is 72.6 cm³/mol. The number of amides is 1. The molecule has 1 atom stereocenters. The van der Waals surface area contributed by atoms with Gasteiger partial charge in [0.1, 0.15) is 5.75 Å². The second-order valence-electron chi connectivity index (χ2n) is 4.33. The molecule has 2 N–H and O–H groups in total. The summed E-state index contributed by atoms with van der Waals surface area (Å²) in [6.07, 6.45) is 0.636. The van der Waals surface area contributed by atoms with Crippen molar-refractivity contribution >= 4 is 5.91 Å². The minimum atomic E-state index is -0.204. The molecule has 18 heavy (non-hydrogen) atoms. The summed E-state index contributed by atoms with van der Waals surface area (Å²) in [5.41, 5.74) is 1.04. The Hall–Kier alpha value is -1.55. The van der Waals surface area contributed by atoms with Crippen molar-refractivity contribution in [2.45, 2.75) is 26.3 Å². The van der Waals surface area contributed by atoms with Crippen molar-refractivity contribution in [1.82, 2.24) is 10.2 Å². The molecule has 0 aliphatic carbocycles. The molecule has 1 aromatic carbocycles. The molecule has 0 heterocycles. The Bertz CT molecular complexity index is 376. The van der Waals surface area contributed by atoms with Gasteiger partial charge in [0, 0.05) is 13.6 Å². The van der Waals surface area contributed by atoms with E-state index in [9.17, 15) is 9.90 Å². The average molecular weight is 250 g/mol. The van der Waals surface area contributed by atoms with Crippen LogP contribution in [0.15, 0.2) is 24.3 Å². The molecule has 100 valence electrons. The molecule has 1 amide bonds. The van der Waals surface area contributed by atoms with Gasteiger partial charge in [0.15, 0.2) is 0 Å². The van der Waals surface area contributed by atoms with Crippen molar-refractivity contribution < 1.29 is 9.90 Å². The molecular formula is C14H22N2O2.